The van der Waals surface area contributed by atoms with Crippen LogP contribution >= 0.6 is 11.6 Å². The predicted molar refractivity (Wildman–Crippen MR) is 96.6 cm³/mol. The molecule has 0 aliphatic carbocycles. The molecule has 0 radical (unpaired) electrons. The maximum absolute atomic E-state index is 12.1. The summed E-state index contributed by atoms with van der Waals surface area (Å²) in [6.07, 6.45) is 2.49. The zero-order valence-corrected chi connectivity index (χ0v) is 15.2. The molecule has 3 atom stereocenters. The van der Waals surface area contributed by atoms with Crippen molar-refractivity contribution in [1.82, 2.24) is 10.6 Å². The van der Waals surface area contributed by atoms with E-state index in [2.05, 4.69) is 10.6 Å². The fourth-order valence-electron chi connectivity index (χ4n) is 2.55. The van der Waals surface area contributed by atoms with Crippen LogP contribution in [0.2, 0.25) is 5.02 Å². The second kappa shape index (κ2) is 10.3. The molecule has 0 bridgehead atoms. The Bertz CT molecular complexity index is 635. The fourth-order valence-corrected chi connectivity index (χ4v) is 2.68. The van der Waals surface area contributed by atoms with Crippen LogP contribution < -0.4 is 10.6 Å². The van der Waals surface area contributed by atoms with Gasteiger partial charge in [-0.15, -0.1) is 0 Å². The molecule has 0 unspecified atom stereocenters. The largest absolute Gasteiger partial charge is 0.394 e. The number of carbonyl (C=O) groups is 2. The van der Waals surface area contributed by atoms with Gasteiger partial charge in [-0.2, -0.15) is 0 Å². The van der Waals surface area contributed by atoms with E-state index >= 15 is 0 Å². The summed E-state index contributed by atoms with van der Waals surface area (Å²) in [7, 11) is 1.43. The third kappa shape index (κ3) is 6.42. The standard InChI is InChI=1S/C18H23ClN2O5/c1-25-11-18(24)21-15-7-6-14(26-16(15)10-22)8-17(23)20-9-12-2-4-13(19)5-3-12/h2-7,14-16,22H,8-11H2,1H3,(H,20,23)(H,21,24)/t14-,15-,16+/m0/s1. The van der Waals surface area contributed by atoms with Crippen molar-refractivity contribution in [3.05, 3.63) is 47.0 Å². The lowest BCUT2D eigenvalue weighted by atomic mass is 10.0. The quantitative estimate of drug-likeness (QED) is 0.578. The van der Waals surface area contributed by atoms with Gasteiger partial charge in [0.2, 0.25) is 11.8 Å². The molecule has 3 N–H and O–H groups in total. The Morgan fingerprint density at radius 2 is 1.96 bits per heavy atom. The topological polar surface area (TPSA) is 96.9 Å². The summed E-state index contributed by atoms with van der Waals surface area (Å²) in [5.41, 5.74) is 0.942. The molecule has 1 heterocycles. The highest BCUT2D eigenvalue weighted by Gasteiger charge is 2.28. The second-order valence-corrected chi connectivity index (χ2v) is 6.35. The number of aliphatic hydroxyl groups is 1. The molecule has 1 aromatic rings. The Morgan fingerprint density at radius 3 is 2.62 bits per heavy atom. The number of halogens is 1. The van der Waals surface area contributed by atoms with E-state index in [-0.39, 0.29) is 31.4 Å². The summed E-state index contributed by atoms with van der Waals surface area (Å²) in [5.74, 6) is -0.475. The van der Waals surface area contributed by atoms with Gasteiger partial charge in [-0.25, -0.2) is 0 Å². The first-order chi connectivity index (χ1) is 12.5. The number of carbonyl (C=O) groups excluding carboxylic acids is 2. The minimum atomic E-state index is -0.616. The van der Waals surface area contributed by atoms with Gasteiger partial charge in [0, 0.05) is 18.7 Å². The van der Waals surface area contributed by atoms with E-state index in [1.54, 1.807) is 24.3 Å². The zero-order valence-electron chi connectivity index (χ0n) is 14.5. The molecule has 0 fully saturated rings. The molecule has 0 spiro atoms. The van der Waals surface area contributed by atoms with Gasteiger partial charge in [0.05, 0.1) is 25.2 Å². The van der Waals surface area contributed by atoms with E-state index in [0.717, 1.165) is 5.56 Å². The second-order valence-electron chi connectivity index (χ2n) is 5.91. The Morgan fingerprint density at radius 1 is 1.23 bits per heavy atom. The third-order valence-corrected chi connectivity index (χ3v) is 4.11. The maximum atomic E-state index is 12.1. The minimum Gasteiger partial charge on any atom is -0.394 e. The van der Waals surface area contributed by atoms with Gasteiger partial charge < -0.3 is 25.2 Å². The van der Waals surface area contributed by atoms with Crippen LogP contribution in [0.15, 0.2) is 36.4 Å². The maximum Gasteiger partial charge on any atom is 0.246 e. The van der Waals surface area contributed by atoms with Gasteiger partial charge in [0.25, 0.3) is 0 Å². The summed E-state index contributed by atoms with van der Waals surface area (Å²) < 4.78 is 10.5. The minimum absolute atomic E-state index is 0.0704. The SMILES string of the molecule is COCC(=O)N[C@H]1C=C[C@@H](CC(=O)NCc2ccc(Cl)cc2)O[C@@H]1CO. The molecule has 2 rings (SSSR count). The van der Waals surface area contributed by atoms with Gasteiger partial charge in [-0.1, -0.05) is 35.9 Å². The van der Waals surface area contributed by atoms with E-state index < -0.39 is 18.2 Å². The molecule has 7 nitrogen and oxygen atoms in total. The number of nitrogens with one attached hydrogen (secondary N) is 2. The van der Waals surface area contributed by atoms with Crippen molar-refractivity contribution >= 4 is 23.4 Å². The first kappa shape index (κ1) is 20.4. The number of methoxy groups -OCH3 is 1. The molecule has 1 aliphatic rings. The van der Waals surface area contributed by atoms with Crippen LogP contribution in [0.1, 0.15) is 12.0 Å². The van der Waals surface area contributed by atoms with Crippen LogP contribution in [0.4, 0.5) is 0 Å². The van der Waals surface area contributed by atoms with Crippen LogP contribution in [-0.2, 0) is 25.6 Å². The highest BCUT2D eigenvalue weighted by Crippen LogP contribution is 2.16. The summed E-state index contributed by atoms with van der Waals surface area (Å²) in [6.45, 7) is 0.0513. The first-order valence-electron chi connectivity index (χ1n) is 8.26. The van der Waals surface area contributed by atoms with Gasteiger partial charge in [0.1, 0.15) is 12.7 Å². The van der Waals surface area contributed by atoms with Crippen molar-refractivity contribution in [3.63, 3.8) is 0 Å². The summed E-state index contributed by atoms with van der Waals surface area (Å²) in [4.78, 5) is 23.7. The molecule has 0 saturated carbocycles. The zero-order chi connectivity index (χ0) is 18.9. The van der Waals surface area contributed by atoms with Crippen molar-refractivity contribution < 1.29 is 24.2 Å². The van der Waals surface area contributed by atoms with E-state index in [0.29, 0.717) is 11.6 Å². The first-order valence-corrected chi connectivity index (χ1v) is 8.63. The molecule has 0 saturated heterocycles. The Labute approximate surface area is 157 Å². The summed E-state index contributed by atoms with van der Waals surface area (Å²) in [6, 6.07) is 6.75. The fraction of sp³-hybridized carbons (Fsp3) is 0.444. The molecule has 1 aromatic carbocycles. The average Bonchev–Trinajstić information content (AvgIpc) is 2.62. The normalized spacial score (nSPS) is 22.0. The van der Waals surface area contributed by atoms with Crippen molar-refractivity contribution in [1.29, 1.82) is 0 Å². The number of hydrogen-bond donors (Lipinski definition) is 3. The van der Waals surface area contributed by atoms with E-state index in [1.165, 1.54) is 7.11 Å². The average molecular weight is 383 g/mol. The lowest BCUT2D eigenvalue weighted by molar-refractivity contribution is -0.130. The van der Waals surface area contributed by atoms with E-state index in [1.807, 2.05) is 12.1 Å². The Balaban J connectivity index is 1.82. The molecule has 0 aromatic heterocycles. The number of rotatable bonds is 8. The number of amides is 2. The number of ether oxygens (including phenoxy) is 2. The Kier molecular flexibility index (Phi) is 8.06. The molecular formula is C18H23ClN2O5. The van der Waals surface area contributed by atoms with Gasteiger partial charge >= 0.3 is 0 Å². The van der Waals surface area contributed by atoms with Gasteiger partial charge in [0.15, 0.2) is 0 Å². The molecular weight excluding hydrogens is 360 g/mol. The van der Waals surface area contributed by atoms with Gasteiger partial charge in [-0.3, -0.25) is 9.59 Å². The smallest absolute Gasteiger partial charge is 0.246 e. The van der Waals surface area contributed by atoms with Crippen molar-refractivity contribution in [2.24, 2.45) is 0 Å². The molecule has 142 valence electrons. The van der Waals surface area contributed by atoms with E-state index in [4.69, 9.17) is 21.1 Å². The van der Waals surface area contributed by atoms with Crippen molar-refractivity contribution in [3.8, 4) is 0 Å². The van der Waals surface area contributed by atoms with Crippen LogP contribution in [0.25, 0.3) is 0 Å². The number of aliphatic hydroxyl groups excluding tert-OH is 1. The highest BCUT2D eigenvalue weighted by atomic mass is 35.5. The number of hydrogen-bond acceptors (Lipinski definition) is 5. The summed E-state index contributed by atoms with van der Waals surface area (Å²) in [5, 5.41) is 15.6. The van der Waals surface area contributed by atoms with Crippen LogP contribution in [0.5, 0.6) is 0 Å². The monoisotopic (exact) mass is 382 g/mol. The van der Waals surface area contributed by atoms with Crippen molar-refractivity contribution in [2.45, 2.75) is 31.2 Å². The molecule has 1 aliphatic heterocycles. The highest BCUT2D eigenvalue weighted by molar-refractivity contribution is 6.30. The third-order valence-electron chi connectivity index (χ3n) is 3.86. The van der Waals surface area contributed by atoms with Crippen LogP contribution in [-0.4, -0.2) is 55.5 Å². The van der Waals surface area contributed by atoms with Gasteiger partial charge in [-0.05, 0) is 17.7 Å². The van der Waals surface area contributed by atoms with Crippen LogP contribution in [0, 0.1) is 0 Å². The van der Waals surface area contributed by atoms with E-state index in [9.17, 15) is 14.7 Å². The lowest BCUT2D eigenvalue weighted by Crippen LogP contribution is -2.49. The number of benzene rings is 1. The summed E-state index contributed by atoms with van der Waals surface area (Å²) >= 11 is 5.83. The lowest BCUT2D eigenvalue weighted by Gasteiger charge is -2.31. The molecule has 8 heteroatoms. The Hall–Kier alpha value is -1.93. The van der Waals surface area contributed by atoms with Crippen LogP contribution in [0.3, 0.4) is 0 Å². The predicted octanol–water partition coefficient (Wildman–Crippen LogP) is 0.793. The molecule has 2 amide bonds. The molecule has 26 heavy (non-hydrogen) atoms. The van der Waals surface area contributed by atoms with Crippen molar-refractivity contribution in [2.75, 3.05) is 20.3 Å².